The number of aryl methyl sites for hydroxylation is 4. The summed E-state index contributed by atoms with van der Waals surface area (Å²) in [6, 6.07) is 15.6. The Morgan fingerprint density at radius 2 is 1.72 bits per heavy atom. The molecular formula is C34H47N5O3S. The number of anilines is 1. The van der Waals surface area contributed by atoms with Gasteiger partial charge in [-0.25, -0.2) is 23.1 Å². The Hall–Kier alpha value is -2.85. The summed E-state index contributed by atoms with van der Waals surface area (Å²) in [7, 11) is -1.18. The average molecular weight is 606 g/mol. The molecule has 0 spiro atoms. The van der Waals surface area contributed by atoms with Gasteiger partial charge in [-0.2, -0.15) is 0 Å². The van der Waals surface area contributed by atoms with Crippen molar-refractivity contribution in [1.82, 2.24) is 19.6 Å². The van der Waals surface area contributed by atoms with Gasteiger partial charge < -0.3 is 10.0 Å². The lowest BCUT2D eigenvalue weighted by Gasteiger charge is -2.40. The van der Waals surface area contributed by atoms with E-state index in [1.165, 1.54) is 28.7 Å². The average Bonchev–Trinajstić information content (AvgIpc) is 3.00. The first-order valence-corrected chi connectivity index (χ1v) is 17.6. The number of piperidine rings is 1. The molecule has 5 rings (SSSR count). The summed E-state index contributed by atoms with van der Waals surface area (Å²) in [6.07, 6.45) is 7.25. The molecule has 1 atom stereocenters. The molecule has 1 fully saturated rings. The number of aromatic nitrogens is 2. The third kappa shape index (κ3) is 7.11. The van der Waals surface area contributed by atoms with E-state index < -0.39 is 15.6 Å². The van der Waals surface area contributed by atoms with Gasteiger partial charge in [-0.05, 0) is 81.2 Å². The number of rotatable bonds is 10. The molecule has 3 aromatic rings. The van der Waals surface area contributed by atoms with Crippen molar-refractivity contribution in [3.05, 3.63) is 76.0 Å². The first kappa shape index (κ1) is 31.6. The highest BCUT2D eigenvalue weighted by atomic mass is 32.2. The van der Waals surface area contributed by atoms with Crippen LogP contribution in [0.5, 0.6) is 0 Å². The van der Waals surface area contributed by atoms with Crippen LogP contribution in [-0.2, 0) is 35.8 Å². The number of fused-ring (bicyclic) bond motifs is 1. The van der Waals surface area contributed by atoms with Crippen LogP contribution in [-0.4, -0.2) is 66.9 Å². The highest BCUT2D eigenvalue weighted by Crippen LogP contribution is 2.37. The first-order valence-electron chi connectivity index (χ1n) is 15.7. The van der Waals surface area contributed by atoms with Crippen molar-refractivity contribution in [3.63, 3.8) is 0 Å². The lowest BCUT2D eigenvalue weighted by molar-refractivity contribution is 0.0214. The molecule has 0 unspecified atom stereocenters. The zero-order chi connectivity index (χ0) is 30.8. The Morgan fingerprint density at radius 1 is 1.05 bits per heavy atom. The van der Waals surface area contributed by atoms with Crippen LogP contribution < -0.4 is 9.62 Å². The molecule has 0 saturated carbocycles. The second kappa shape index (κ2) is 13.0. The van der Waals surface area contributed by atoms with Crippen LogP contribution in [0.25, 0.3) is 11.4 Å². The van der Waals surface area contributed by atoms with Crippen molar-refractivity contribution >= 4 is 15.8 Å². The fourth-order valence-corrected chi connectivity index (χ4v) is 7.32. The number of aliphatic hydroxyl groups is 1. The van der Waals surface area contributed by atoms with Crippen molar-refractivity contribution < 1.29 is 13.5 Å². The molecule has 8 nitrogen and oxygen atoms in total. The van der Waals surface area contributed by atoms with Gasteiger partial charge in [0.15, 0.2) is 5.82 Å². The van der Waals surface area contributed by atoms with E-state index in [1.807, 2.05) is 0 Å². The summed E-state index contributed by atoms with van der Waals surface area (Å²) in [5, 5.41) is 11.2. The lowest BCUT2D eigenvalue weighted by atomic mass is 9.87. The molecule has 1 aromatic heterocycles. The summed E-state index contributed by atoms with van der Waals surface area (Å²) in [4.78, 5) is 15.2. The number of nitrogens with one attached hydrogen (secondary N) is 1. The third-order valence-electron chi connectivity index (χ3n) is 9.35. The standard InChI is InChI=1S/C34H47N5O3S/c1-6-25-13-10-14-26(7-2)31(25)32-36-24(3)29(22-38(4)30-17-11-15-27-12-8-9-16-28(27)30)33(37-32)39-20-18-34(40,19-21-39)23-35-43(5,41)42/h8-10,12-14,16,30,35,40H,6-7,11,15,17-23H2,1-5H3/t30-/m0/s1. The number of hydrogen-bond donors (Lipinski definition) is 2. The fraction of sp³-hybridized carbons (Fsp3) is 0.529. The summed E-state index contributed by atoms with van der Waals surface area (Å²) < 4.78 is 25.9. The van der Waals surface area contributed by atoms with Crippen LogP contribution in [0.1, 0.15) is 79.1 Å². The van der Waals surface area contributed by atoms with Gasteiger partial charge in [0.05, 0.1) is 11.9 Å². The smallest absolute Gasteiger partial charge is 0.208 e. The monoisotopic (exact) mass is 605 g/mol. The molecular weight excluding hydrogens is 558 g/mol. The quantitative estimate of drug-likeness (QED) is 0.337. The normalized spacial score (nSPS) is 18.6. The van der Waals surface area contributed by atoms with E-state index in [4.69, 9.17) is 9.97 Å². The largest absolute Gasteiger partial charge is 0.388 e. The number of hydrogen-bond acceptors (Lipinski definition) is 7. The maximum atomic E-state index is 11.7. The van der Waals surface area contributed by atoms with E-state index in [9.17, 15) is 13.5 Å². The molecule has 0 radical (unpaired) electrons. The van der Waals surface area contributed by atoms with E-state index in [0.717, 1.165) is 60.4 Å². The number of nitrogens with zero attached hydrogens (tertiary/aromatic N) is 4. The predicted octanol–water partition coefficient (Wildman–Crippen LogP) is 4.97. The van der Waals surface area contributed by atoms with Crippen LogP contribution in [0.4, 0.5) is 5.82 Å². The predicted molar refractivity (Wildman–Crippen MR) is 174 cm³/mol. The van der Waals surface area contributed by atoms with E-state index in [2.05, 4.69) is 84.8 Å². The van der Waals surface area contributed by atoms with Crippen molar-refractivity contribution in [2.24, 2.45) is 0 Å². The van der Waals surface area contributed by atoms with E-state index in [-0.39, 0.29) is 6.54 Å². The van der Waals surface area contributed by atoms with Crippen molar-refractivity contribution in [1.29, 1.82) is 0 Å². The van der Waals surface area contributed by atoms with E-state index in [1.54, 1.807) is 0 Å². The number of benzene rings is 2. The van der Waals surface area contributed by atoms with Gasteiger partial charge in [-0.15, -0.1) is 0 Å². The first-order chi connectivity index (χ1) is 20.5. The van der Waals surface area contributed by atoms with Gasteiger partial charge >= 0.3 is 0 Å². The summed E-state index contributed by atoms with van der Waals surface area (Å²) in [6.45, 7) is 8.35. The Morgan fingerprint density at radius 3 is 2.37 bits per heavy atom. The van der Waals surface area contributed by atoms with Crippen molar-refractivity contribution in [2.75, 3.05) is 37.8 Å². The van der Waals surface area contributed by atoms with Crippen LogP contribution in [0.2, 0.25) is 0 Å². The second-order valence-electron chi connectivity index (χ2n) is 12.4. The van der Waals surface area contributed by atoms with Crippen LogP contribution in [0, 0.1) is 6.92 Å². The molecule has 0 amide bonds. The molecule has 1 aliphatic carbocycles. The van der Waals surface area contributed by atoms with E-state index in [0.29, 0.717) is 38.5 Å². The molecule has 2 heterocycles. The second-order valence-corrected chi connectivity index (χ2v) is 14.3. The lowest BCUT2D eigenvalue weighted by Crippen LogP contribution is -2.51. The fourth-order valence-electron chi connectivity index (χ4n) is 6.79. The van der Waals surface area contributed by atoms with Crippen LogP contribution >= 0.6 is 0 Å². The Labute approximate surface area is 257 Å². The highest BCUT2D eigenvalue weighted by molar-refractivity contribution is 7.88. The van der Waals surface area contributed by atoms with Gasteiger partial charge in [0.25, 0.3) is 0 Å². The van der Waals surface area contributed by atoms with Crippen LogP contribution in [0.15, 0.2) is 42.5 Å². The summed E-state index contributed by atoms with van der Waals surface area (Å²) in [5.74, 6) is 1.68. The molecule has 9 heteroatoms. The minimum atomic E-state index is -3.38. The van der Waals surface area contributed by atoms with Gasteiger partial charge in [0.1, 0.15) is 5.82 Å². The zero-order valence-electron chi connectivity index (χ0n) is 26.4. The number of sulfonamides is 1. The molecule has 1 saturated heterocycles. The topological polar surface area (TPSA) is 98.7 Å². The molecule has 2 aromatic carbocycles. The van der Waals surface area contributed by atoms with Gasteiger partial charge in [0.2, 0.25) is 10.0 Å². The third-order valence-corrected chi connectivity index (χ3v) is 10.0. The SMILES string of the molecule is CCc1cccc(CC)c1-c1nc(C)c(CN(C)[C@H]2CCCc3ccccc32)c(N2CCC(O)(CNS(C)(=O)=O)CC2)n1. The molecule has 0 bridgehead atoms. The Bertz CT molecular complexity index is 1530. The molecule has 232 valence electrons. The zero-order valence-corrected chi connectivity index (χ0v) is 27.2. The minimum absolute atomic E-state index is 0.0220. The van der Waals surface area contributed by atoms with Crippen LogP contribution in [0.3, 0.4) is 0 Å². The van der Waals surface area contributed by atoms with Gasteiger partial charge in [0, 0.05) is 49.0 Å². The van der Waals surface area contributed by atoms with Crippen molar-refractivity contribution in [2.45, 2.75) is 83.9 Å². The summed E-state index contributed by atoms with van der Waals surface area (Å²) in [5.41, 5.74) is 7.47. The molecule has 2 aliphatic rings. The maximum absolute atomic E-state index is 11.7. The molecule has 43 heavy (non-hydrogen) atoms. The maximum Gasteiger partial charge on any atom is 0.208 e. The van der Waals surface area contributed by atoms with E-state index >= 15 is 0 Å². The highest BCUT2D eigenvalue weighted by Gasteiger charge is 2.35. The Kier molecular flexibility index (Phi) is 9.56. The Balaban J connectivity index is 1.52. The summed E-state index contributed by atoms with van der Waals surface area (Å²) >= 11 is 0. The van der Waals surface area contributed by atoms with Gasteiger partial charge in [-0.3, -0.25) is 4.90 Å². The molecule has 2 N–H and O–H groups in total. The van der Waals surface area contributed by atoms with Gasteiger partial charge in [-0.1, -0.05) is 56.3 Å². The minimum Gasteiger partial charge on any atom is -0.388 e. The molecule has 1 aliphatic heterocycles. The van der Waals surface area contributed by atoms with Crippen molar-refractivity contribution in [3.8, 4) is 11.4 Å².